The van der Waals surface area contributed by atoms with Crippen LogP contribution in [0.5, 0.6) is 0 Å². The van der Waals surface area contributed by atoms with E-state index in [1.54, 1.807) is 60.7 Å². The second-order valence-corrected chi connectivity index (χ2v) is 6.87. The van der Waals surface area contributed by atoms with Crippen LogP contribution in [-0.4, -0.2) is 18.5 Å². The summed E-state index contributed by atoms with van der Waals surface area (Å²) in [5.74, 6) is -0.279. The van der Waals surface area contributed by atoms with Gasteiger partial charge >= 0.3 is 6.03 Å². The number of urea groups is 1. The number of amides is 3. The van der Waals surface area contributed by atoms with Gasteiger partial charge in [-0.05, 0) is 54.6 Å². The second-order valence-electron chi connectivity index (χ2n) is 6.87. The molecule has 0 saturated heterocycles. The minimum atomic E-state index is -0.416. The molecule has 1 aromatic heterocycles. The number of hydrogen-bond donors (Lipinski definition) is 5. The molecule has 0 aliphatic heterocycles. The van der Waals surface area contributed by atoms with Crippen molar-refractivity contribution < 1.29 is 14.0 Å². The van der Waals surface area contributed by atoms with Crippen molar-refractivity contribution >= 4 is 40.0 Å². The number of nitrogens with one attached hydrogen (secondary N) is 3. The summed E-state index contributed by atoms with van der Waals surface area (Å²) in [6.07, 6.45) is 7.34. The quantitative estimate of drug-likeness (QED) is 0.267. The predicted octanol–water partition coefficient (Wildman–Crippen LogP) is 4.36. The van der Waals surface area contributed by atoms with E-state index >= 15 is 0 Å². The molecule has 0 aliphatic carbocycles. The van der Waals surface area contributed by atoms with Gasteiger partial charge in [0, 0.05) is 17.6 Å². The van der Waals surface area contributed by atoms with Crippen LogP contribution < -0.4 is 27.4 Å². The molecule has 2 aromatic carbocycles. The number of benzene rings is 2. The fourth-order valence-electron chi connectivity index (χ4n) is 2.94. The van der Waals surface area contributed by atoms with Crippen molar-refractivity contribution in [2.24, 2.45) is 5.73 Å². The van der Waals surface area contributed by atoms with E-state index in [1.165, 1.54) is 6.20 Å². The molecule has 32 heavy (non-hydrogen) atoms. The predicted molar refractivity (Wildman–Crippen MR) is 128 cm³/mol. The molecule has 1 heterocycles. The maximum atomic E-state index is 12.5. The third-order valence-corrected chi connectivity index (χ3v) is 4.57. The van der Waals surface area contributed by atoms with E-state index < -0.39 is 5.91 Å². The fraction of sp³-hybridized carbons (Fsp3) is 0.0833. The minimum absolute atomic E-state index is 0.138. The third-order valence-electron chi connectivity index (χ3n) is 4.57. The molecule has 8 heteroatoms. The molecule has 0 radical (unpaired) electrons. The van der Waals surface area contributed by atoms with Crippen LogP contribution in [0.15, 0.2) is 89.5 Å². The zero-order chi connectivity index (χ0) is 22.9. The number of nitrogen functional groups attached to an aromatic ring is 1. The maximum Gasteiger partial charge on any atom is 0.319 e. The number of hydrogen-bond acceptors (Lipinski definition) is 5. The summed E-state index contributed by atoms with van der Waals surface area (Å²) in [6.45, 7) is 4.02. The average Bonchev–Trinajstić information content (AvgIpc) is 3.21. The molecule has 3 aromatic rings. The van der Waals surface area contributed by atoms with E-state index in [0.29, 0.717) is 41.0 Å². The van der Waals surface area contributed by atoms with Crippen molar-refractivity contribution in [1.29, 1.82) is 0 Å². The summed E-state index contributed by atoms with van der Waals surface area (Å²) < 4.78 is 5.62. The normalized spacial score (nSPS) is 11.4. The molecular weight excluding hydrogens is 406 g/mol. The first-order valence-corrected chi connectivity index (χ1v) is 9.94. The topological polar surface area (TPSA) is 135 Å². The molecule has 3 rings (SSSR count). The minimum Gasteiger partial charge on any atom is -0.451 e. The molecular formula is C24H25N5O3. The molecule has 0 bridgehead atoms. The largest absolute Gasteiger partial charge is 0.451 e. The Morgan fingerprint density at radius 3 is 2.66 bits per heavy atom. The van der Waals surface area contributed by atoms with Crippen molar-refractivity contribution in [3.8, 4) is 0 Å². The zero-order valence-electron chi connectivity index (χ0n) is 17.4. The highest BCUT2D eigenvalue weighted by Gasteiger charge is 2.14. The Bertz CT molecular complexity index is 1190. The molecule has 0 atom stereocenters. The Kier molecular flexibility index (Phi) is 7.32. The third kappa shape index (κ3) is 5.79. The van der Waals surface area contributed by atoms with Crippen LogP contribution in [-0.2, 0) is 0 Å². The highest BCUT2D eigenvalue weighted by molar-refractivity contribution is 6.06. The van der Waals surface area contributed by atoms with E-state index in [9.17, 15) is 9.59 Å². The first-order valence-electron chi connectivity index (χ1n) is 9.94. The van der Waals surface area contributed by atoms with Gasteiger partial charge in [0.05, 0.1) is 11.4 Å². The maximum absolute atomic E-state index is 12.5. The van der Waals surface area contributed by atoms with E-state index in [-0.39, 0.29) is 11.8 Å². The van der Waals surface area contributed by atoms with Crippen LogP contribution in [0, 0.1) is 0 Å². The van der Waals surface area contributed by atoms with Gasteiger partial charge in [-0.25, -0.2) is 4.79 Å². The molecule has 164 valence electrons. The molecule has 0 saturated carbocycles. The number of anilines is 3. The van der Waals surface area contributed by atoms with Crippen molar-refractivity contribution in [1.82, 2.24) is 5.32 Å². The number of carbonyl (C=O) groups excluding carboxylic acids is 2. The number of fused-ring (bicyclic) bond motifs is 1. The number of furan rings is 1. The standard InChI is InChI=1S/C24H25N5O3/c1-2-3-6-16(15-25)11-12-27-24(31)28-18-9-10-21-17(13-18)14-22(32-21)23(30)29-20-8-5-4-7-19(20)26/h2-10,13-15H,1,11-12,25-26H2,(H,29,30)(H2,27,28,31)/b6-3-,16-15+. The van der Waals surface area contributed by atoms with Crippen molar-refractivity contribution in [3.05, 3.63) is 90.9 Å². The van der Waals surface area contributed by atoms with Crippen molar-refractivity contribution in [2.45, 2.75) is 6.42 Å². The van der Waals surface area contributed by atoms with Crippen LogP contribution in [0.25, 0.3) is 11.0 Å². The van der Waals surface area contributed by atoms with Gasteiger partial charge in [-0.15, -0.1) is 0 Å². The van der Waals surface area contributed by atoms with E-state index in [1.807, 2.05) is 6.08 Å². The number of allylic oxidation sites excluding steroid dienone is 3. The monoisotopic (exact) mass is 431 g/mol. The zero-order valence-corrected chi connectivity index (χ0v) is 17.4. The van der Waals surface area contributed by atoms with Gasteiger partial charge < -0.3 is 31.8 Å². The number of rotatable bonds is 8. The van der Waals surface area contributed by atoms with Gasteiger partial charge in [0.15, 0.2) is 5.76 Å². The first-order chi connectivity index (χ1) is 15.5. The van der Waals surface area contributed by atoms with Gasteiger partial charge in [-0.2, -0.15) is 0 Å². The van der Waals surface area contributed by atoms with Gasteiger partial charge in [0.2, 0.25) is 0 Å². The number of para-hydroxylation sites is 2. The summed E-state index contributed by atoms with van der Waals surface area (Å²) >= 11 is 0. The lowest BCUT2D eigenvalue weighted by Gasteiger charge is -2.08. The summed E-state index contributed by atoms with van der Waals surface area (Å²) in [7, 11) is 0. The number of nitrogens with two attached hydrogens (primary N) is 2. The highest BCUT2D eigenvalue weighted by atomic mass is 16.3. The van der Waals surface area contributed by atoms with Crippen LogP contribution in [0.1, 0.15) is 17.0 Å². The highest BCUT2D eigenvalue weighted by Crippen LogP contribution is 2.25. The number of carbonyl (C=O) groups is 2. The van der Waals surface area contributed by atoms with Gasteiger partial charge in [-0.3, -0.25) is 4.79 Å². The van der Waals surface area contributed by atoms with Crippen molar-refractivity contribution in [3.63, 3.8) is 0 Å². The fourth-order valence-corrected chi connectivity index (χ4v) is 2.94. The molecule has 3 amide bonds. The summed E-state index contributed by atoms with van der Waals surface area (Å²) in [5, 5.41) is 8.93. The van der Waals surface area contributed by atoms with Gasteiger partial charge in [-0.1, -0.05) is 36.9 Å². The molecule has 7 N–H and O–H groups in total. The summed E-state index contributed by atoms with van der Waals surface area (Å²) in [4.78, 5) is 24.7. The Morgan fingerprint density at radius 1 is 1.09 bits per heavy atom. The molecule has 8 nitrogen and oxygen atoms in total. The SMILES string of the molecule is C=C/C=C\C(=C/N)CCNC(=O)Nc1ccc2oc(C(=O)Nc3ccccc3N)cc2c1. The lowest BCUT2D eigenvalue weighted by atomic mass is 10.2. The molecule has 0 aliphatic rings. The van der Waals surface area contributed by atoms with E-state index in [0.717, 1.165) is 5.57 Å². The van der Waals surface area contributed by atoms with Crippen molar-refractivity contribution in [2.75, 3.05) is 22.9 Å². The Balaban J connectivity index is 1.60. The molecule has 0 fully saturated rings. The van der Waals surface area contributed by atoms with Crippen LogP contribution in [0.3, 0.4) is 0 Å². The lowest BCUT2D eigenvalue weighted by Crippen LogP contribution is -2.29. The summed E-state index contributed by atoms with van der Waals surface area (Å²) in [5.41, 5.74) is 14.4. The van der Waals surface area contributed by atoms with E-state index in [2.05, 4.69) is 22.5 Å². The Labute approximate surface area is 185 Å². The van der Waals surface area contributed by atoms with Gasteiger partial charge in [0.25, 0.3) is 5.91 Å². The Hall–Kier alpha value is -4.46. The van der Waals surface area contributed by atoms with Crippen LogP contribution in [0.4, 0.5) is 21.9 Å². The second kappa shape index (κ2) is 10.5. The molecule has 0 spiro atoms. The lowest BCUT2D eigenvalue weighted by molar-refractivity contribution is 0.0998. The first kappa shape index (κ1) is 22.2. The van der Waals surface area contributed by atoms with E-state index in [4.69, 9.17) is 15.9 Å². The smallest absolute Gasteiger partial charge is 0.319 e. The van der Waals surface area contributed by atoms with Crippen LogP contribution >= 0.6 is 0 Å². The van der Waals surface area contributed by atoms with Crippen LogP contribution in [0.2, 0.25) is 0 Å². The average molecular weight is 431 g/mol. The Morgan fingerprint density at radius 2 is 1.91 bits per heavy atom. The molecule has 0 unspecified atom stereocenters. The summed E-state index contributed by atoms with van der Waals surface area (Å²) in [6, 6.07) is 13.3. The van der Waals surface area contributed by atoms with Gasteiger partial charge in [0.1, 0.15) is 5.58 Å².